The van der Waals surface area contributed by atoms with E-state index in [2.05, 4.69) is 27.7 Å². The number of nitrogens with two attached hydrogens (primary N) is 1. The second kappa shape index (κ2) is 5.28. The van der Waals surface area contributed by atoms with Gasteiger partial charge in [-0.1, -0.05) is 12.1 Å². The van der Waals surface area contributed by atoms with Crippen LogP contribution in [0.1, 0.15) is 18.0 Å². The van der Waals surface area contributed by atoms with Crippen LogP contribution in [0.15, 0.2) is 24.3 Å². The van der Waals surface area contributed by atoms with Gasteiger partial charge in [0.25, 0.3) is 0 Å². The highest BCUT2D eigenvalue weighted by molar-refractivity contribution is 14.1. The summed E-state index contributed by atoms with van der Waals surface area (Å²) in [4.78, 5) is 0. The third-order valence-corrected chi connectivity index (χ3v) is 6.27. The van der Waals surface area contributed by atoms with Gasteiger partial charge >= 0.3 is 0 Å². The molecule has 0 spiro atoms. The van der Waals surface area contributed by atoms with Crippen LogP contribution in [0.2, 0.25) is 0 Å². The Morgan fingerprint density at radius 1 is 1.43 bits per heavy atom. The number of nitrogen functional groups attached to an aromatic ring is 1. The molecule has 21 heavy (non-hydrogen) atoms. The molecule has 1 atom stereocenters. The molecule has 3 rings (SSSR count). The summed E-state index contributed by atoms with van der Waals surface area (Å²) < 4.78 is 26.1. The zero-order valence-electron chi connectivity index (χ0n) is 11.6. The van der Waals surface area contributed by atoms with Gasteiger partial charge < -0.3 is 5.73 Å². The average Bonchev–Trinajstić information content (AvgIpc) is 2.91. The van der Waals surface area contributed by atoms with Crippen LogP contribution >= 0.6 is 22.6 Å². The first-order chi connectivity index (χ1) is 9.87. The number of halogens is 1. The van der Waals surface area contributed by atoms with Crippen molar-refractivity contribution in [3.8, 4) is 11.3 Å². The molecule has 1 aromatic heterocycles. The van der Waals surface area contributed by atoms with Gasteiger partial charge in [0, 0.05) is 14.7 Å². The molecular weight excluding hydrogens is 401 g/mol. The van der Waals surface area contributed by atoms with Gasteiger partial charge in [-0.3, -0.25) is 0 Å². The lowest BCUT2D eigenvalue weighted by Gasteiger charge is -2.10. The van der Waals surface area contributed by atoms with Crippen LogP contribution in [0.3, 0.4) is 0 Å². The molecular formula is C14H16IN3O2S. The number of nitrogens with zero attached hydrogens (tertiary/aromatic N) is 2. The smallest absolute Gasteiger partial charge is 0.152 e. The maximum absolute atomic E-state index is 11.6. The Hall–Kier alpha value is -1.09. The minimum Gasteiger partial charge on any atom is -0.384 e. The molecule has 2 aromatic rings. The van der Waals surface area contributed by atoms with Crippen molar-refractivity contribution in [1.29, 1.82) is 0 Å². The van der Waals surface area contributed by atoms with Gasteiger partial charge in [-0.2, -0.15) is 5.10 Å². The minimum atomic E-state index is -2.95. The normalized spacial score (nSPS) is 20.8. The third-order valence-electron chi connectivity index (χ3n) is 3.85. The molecule has 0 radical (unpaired) electrons. The Morgan fingerprint density at radius 3 is 2.81 bits per heavy atom. The van der Waals surface area contributed by atoms with E-state index in [1.165, 1.54) is 0 Å². The molecule has 0 bridgehead atoms. The van der Waals surface area contributed by atoms with Crippen molar-refractivity contribution in [3.63, 3.8) is 0 Å². The first-order valence-corrected chi connectivity index (χ1v) is 9.58. The van der Waals surface area contributed by atoms with Crippen LogP contribution in [-0.2, 0) is 9.84 Å². The Kier molecular flexibility index (Phi) is 3.73. The van der Waals surface area contributed by atoms with Crippen LogP contribution in [-0.4, -0.2) is 29.7 Å². The van der Waals surface area contributed by atoms with Crippen LogP contribution < -0.4 is 5.73 Å². The van der Waals surface area contributed by atoms with E-state index in [4.69, 9.17) is 5.73 Å². The number of rotatable bonds is 2. The molecule has 1 aliphatic heterocycles. The molecule has 5 nitrogen and oxygen atoms in total. The van der Waals surface area contributed by atoms with E-state index in [0.717, 1.165) is 20.4 Å². The highest BCUT2D eigenvalue weighted by atomic mass is 127. The Bertz CT molecular complexity index is 799. The van der Waals surface area contributed by atoms with Gasteiger partial charge in [0.15, 0.2) is 9.84 Å². The standard InChI is InChI=1S/C14H16IN3O2S/c1-9-13(10-3-2-4-11(15)7-10)17-18(14(9)16)12-5-6-21(19,20)8-12/h2-4,7,12H,5-6,8,16H2,1H3. The summed E-state index contributed by atoms with van der Waals surface area (Å²) >= 11 is 2.26. The van der Waals surface area contributed by atoms with Gasteiger partial charge in [0.2, 0.25) is 0 Å². The largest absolute Gasteiger partial charge is 0.384 e. The lowest BCUT2D eigenvalue weighted by Crippen LogP contribution is -2.14. The highest BCUT2D eigenvalue weighted by Crippen LogP contribution is 2.32. The van der Waals surface area contributed by atoms with E-state index in [-0.39, 0.29) is 17.5 Å². The Morgan fingerprint density at radius 2 is 2.19 bits per heavy atom. The van der Waals surface area contributed by atoms with E-state index in [9.17, 15) is 8.42 Å². The molecule has 0 saturated carbocycles. The molecule has 0 aliphatic carbocycles. The summed E-state index contributed by atoms with van der Waals surface area (Å²) in [5.74, 6) is 0.907. The first kappa shape index (κ1) is 14.8. The zero-order chi connectivity index (χ0) is 15.2. The van der Waals surface area contributed by atoms with Gasteiger partial charge in [0.05, 0.1) is 23.2 Å². The van der Waals surface area contributed by atoms with Crippen molar-refractivity contribution in [2.45, 2.75) is 19.4 Å². The SMILES string of the molecule is Cc1c(-c2cccc(I)c2)nn(C2CCS(=O)(=O)C2)c1N. The molecule has 112 valence electrons. The van der Waals surface area contributed by atoms with Crippen LogP contribution in [0.25, 0.3) is 11.3 Å². The molecule has 0 amide bonds. The van der Waals surface area contributed by atoms with Crippen LogP contribution in [0.5, 0.6) is 0 Å². The summed E-state index contributed by atoms with van der Waals surface area (Å²) in [5.41, 5.74) is 8.89. The van der Waals surface area contributed by atoms with Gasteiger partial charge in [-0.15, -0.1) is 0 Å². The molecule has 1 unspecified atom stereocenters. The van der Waals surface area contributed by atoms with E-state index in [0.29, 0.717) is 12.2 Å². The van der Waals surface area contributed by atoms with Crippen molar-refractivity contribution < 1.29 is 8.42 Å². The molecule has 1 aliphatic rings. The first-order valence-electron chi connectivity index (χ1n) is 6.68. The monoisotopic (exact) mass is 417 g/mol. The van der Waals surface area contributed by atoms with Crippen molar-refractivity contribution in [1.82, 2.24) is 9.78 Å². The predicted molar refractivity (Wildman–Crippen MR) is 91.8 cm³/mol. The second-order valence-electron chi connectivity index (χ2n) is 5.37. The second-order valence-corrected chi connectivity index (χ2v) is 8.84. The number of aromatic nitrogens is 2. The molecule has 2 N–H and O–H groups in total. The molecule has 2 heterocycles. The van der Waals surface area contributed by atoms with E-state index < -0.39 is 9.84 Å². The number of anilines is 1. The topological polar surface area (TPSA) is 78.0 Å². The summed E-state index contributed by atoms with van der Waals surface area (Å²) in [6.45, 7) is 1.93. The summed E-state index contributed by atoms with van der Waals surface area (Å²) in [6.07, 6.45) is 0.583. The average molecular weight is 417 g/mol. The lowest BCUT2D eigenvalue weighted by molar-refractivity contribution is 0.508. The fourth-order valence-electron chi connectivity index (χ4n) is 2.69. The van der Waals surface area contributed by atoms with E-state index in [1.807, 2.05) is 31.2 Å². The summed E-state index contributed by atoms with van der Waals surface area (Å²) in [7, 11) is -2.95. The molecule has 1 saturated heterocycles. The third kappa shape index (κ3) is 2.80. The van der Waals surface area contributed by atoms with Gasteiger partial charge in [0.1, 0.15) is 5.82 Å². The lowest BCUT2D eigenvalue weighted by atomic mass is 10.1. The Labute approximate surface area is 137 Å². The molecule has 1 aromatic carbocycles. The minimum absolute atomic E-state index is 0.129. The van der Waals surface area contributed by atoms with E-state index in [1.54, 1.807) is 4.68 Å². The van der Waals surface area contributed by atoms with Crippen molar-refractivity contribution in [3.05, 3.63) is 33.4 Å². The zero-order valence-corrected chi connectivity index (χ0v) is 14.6. The number of hydrogen-bond acceptors (Lipinski definition) is 4. The molecule has 1 fully saturated rings. The van der Waals surface area contributed by atoms with Crippen molar-refractivity contribution in [2.24, 2.45) is 0 Å². The molecule has 7 heteroatoms. The van der Waals surface area contributed by atoms with Gasteiger partial charge in [-0.05, 0) is 48.1 Å². The maximum atomic E-state index is 11.6. The Balaban J connectivity index is 2.04. The fraction of sp³-hybridized carbons (Fsp3) is 0.357. The van der Waals surface area contributed by atoms with Crippen molar-refractivity contribution in [2.75, 3.05) is 17.2 Å². The maximum Gasteiger partial charge on any atom is 0.152 e. The summed E-state index contributed by atoms with van der Waals surface area (Å²) in [6, 6.07) is 7.89. The quantitative estimate of drug-likeness (QED) is 0.762. The number of hydrogen-bond donors (Lipinski definition) is 1. The number of benzene rings is 1. The van der Waals surface area contributed by atoms with Crippen LogP contribution in [0, 0.1) is 10.5 Å². The fourth-order valence-corrected chi connectivity index (χ4v) is 4.92. The number of sulfone groups is 1. The van der Waals surface area contributed by atoms with Gasteiger partial charge in [-0.25, -0.2) is 13.1 Å². The predicted octanol–water partition coefficient (Wildman–Crippen LogP) is 2.40. The highest BCUT2D eigenvalue weighted by Gasteiger charge is 2.31. The van der Waals surface area contributed by atoms with Crippen molar-refractivity contribution >= 4 is 38.2 Å². The summed E-state index contributed by atoms with van der Waals surface area (Å²) in [5, 5.41) is 4.59. The van der Waals surface area contributed by atoms with Crippen LogP contribution in [0.4, 0.5) is 5.82 Å². The van der Waals surface area contributed by atoms with E-state index >= 15 is 0 Å².